The van der Waals surface area contributed by atoms with Gasteiger partial charge in [0.05, 0.1) is 6.54 Å². The first-order chi connectivity index (χ1) is 16.5. The predicted octanol–water partition coefficient (Wildman–Crippen LogP) is 5.65. The van der Waals surface area contributed by atoms with E-state index in [0.29, 0.717) is 18.0 Å². The lowest BCUT2D eigenvalue weighted by molar-refractivity contribution is 0.0945. The van der Waals surface area contributed by atoms with Gasteiger partial charge in [0, 0.05) is 30.8 Å². The van der Waals surface area contributed by atoms with E-state index < -0.39 is 11.6 Å². The van der Waals surface area contributed by atoms with Gasteiger partial charge in [-0.1, -0.05) is 66.7 Å². The number of nitrogens with one attached hydrogen (secondary N) is 1. The van der Waals surface area contributed by atoms with Gasteiger partial charge in [-0.15, -0.1) is 0 Å². The highest BCUT2D eigenvalue weighted by Gasteiger charge is 2.21. The van der Waals surface area contributed by atoms with Crippen molar-refractivity contribution in [1.29, 1.82) is 0 Å². The maximum atomic E-state index is 14.4. The number of amides is 1. The number of oxazole rings is 1. The first-order valence-electron chi connectivity index (χ1n) is 11.0. The number of aromatic nitrogens is 1. The minimum atomic E-state index is -0.622. The molecule has 5 nitrogen and oxygen atoms in total. The lowest BCUT2D eigenvalue weighted by Crippen LogP contribution is -2.27. The van der Waals surface area contributed by atoms with Crippen LogP contribution in [0.25, 0.3) is 0 Å². The molecule has 1 heterocycles. The largest absolute Gasteiger partial charge is 0.447 e. The Morgan fingerprint density at radius 2 is 1.71 bits per heavy atom. The summed E-state index contributed by atoms with van der Waals surface area (Å²) in [6.07, 6.45) is 1.32. The Bertz CT molecular complexity index is 1230. The molecule has 0 fully saturated rings. The van der Waals surface area contributed by atoms with Crippen LogP contribution in [0.1, 0.15) is 46.0 Å². The first kappa shape index (κ1) is 23.3. The summed E-state index contributed by atoms with van der Waals surface area (Å²) in [4.78, 5) is 18.8. The highest BCUT2D eigenvalue weighted by molar-refractivity contribution is 5.91. The molecule has 3 aromatic carbocycles. The molecule has 0 aliphatic carbocycles. The predicted molar refractivity (Wildman–Crippen MR) is 125 cm³/mol. The molecule has 0 saturated heterocycles. The molecule has 0 saturated carbocycles. The van der Waals surface area contributed by atoms with Crippen molar-refractivity contribution in [2.75, 3.05) is 0 Å². The standard InChI is InChI=1S/C27H25F2N3O2/c1-19(21-10-6-3-7-11-21)32(16-22-12-13-23(28)14-24(22)29)17-26-31-25(18-34-26)27(33)30-15-20-8-4-2-5-9-20/h2-14,18-19H,15-17H2,1H3,(H,30,33). The molecule has 1 aromatic heterocycles. The van der Waals surface area contributed by atoms with Crippen LogP contribution in [-0.4, -0.2) is 15.8 Å². The normalized spacial score (nSPS) is 12.0. The smallest absolute Gasteiger partial charge is 0.273 e. The fraction of sp³-hybridized carbons (Fsp3) is 0.185. The molecular weight excluding hydrogens is 436 g/mol. The van der Waals surface area contributed by atoms with Crippen LogP contribution in [0.15, 0.2) is 89.5 Å². The summed E-state index contributed by atoms with van der Waals surface area (Å²) >= 11 is 0. The van der Waals surface area contributed by atoms with Gasteiger partial charge in [-0.05, 0) is 24.1 Å². The van der Waals surface area contributed by atoms with Crippen molar-refractivity contribution < 1.29 is 18.0 Å². The lowest BCUT2D eigenvalue weighted by atomic mass is 10.1. The molecule has 4 aromatic rings. The minimum Gasteiger partial charge on any atom is -0.447 e. The van der Waals surface area contributed by atoms with E-state index in [1.165, 1.54) is 18.4 Å². The third kappa shape index (κ3) is 5.94. The summed E-state index contributed by atoms with van der Waals surface area (Å²) in [7, 11) is 0. The molecular formula is C27H25F2N3O2. The Morgan fingerprint density at radius 3 is 2.41 bits per heavy atom. The van der Waals surface area contributed by atoms with Gasteiger partial charge in [-0.3, -0.25) is 9.69 Å². The van der Waals surface area contributed by atoms with Crippen molar-refractivity contribution in [3.63, 3.8) is 0 Å². The molecule has 0 radical (unpaired) electrons. The molecule has 1 unspecified atom stereocenters. The van der Waals surface area contributed by atoms with Crippen LogP contribution in [0, 0.1) is 11.6 Å². The van der Waals surface area contributed by atoms with Gasteiger partial charge >= 0.3 is 0 Å². The Hall–Kier alpha value is -3.84. The molecule has 4 rings (SSSR count). The topological polar surface area (TPSA) is 58.4 Å². The number of hydrogen-bond acceptors (Lipinski definition) is 4. The van der Waals surface area contributed by atoms with Gasteiger partial charge in [0.25, 0.3) is 5.91 Å². The van der Waals surface area contributed by atoms with E-state index in [1.54, 1.807) is 0 Å². The van der Waals surface area contributed by atoms with Crippen molar-refractivity contribution in [1.82, 2.24) is 15.2 Å². The Kier molecular flexibility index (Phi) is 7.44. The van der Waals surface area contributed by atoms with Crippen LogP contribution in [0.2, 0.25) is 0 Å². The number of carbonyl (C=O) groups is 1. The molecule has 0 bridgehead atoms. The average molecular weight is 462 g/mol. The van der Waals surface area contributed by atoms with E-state index in [9.17, 15) is 13.6 Å². The SMILES string of the molecule is CC(c1ccccc1)N(Cc1nc(C(=O)NCc2ccccc2)co1)Cc1ccc(F)cc1F. The fourth-order valence-electron chi connectivity index (χ4n) is 3.67. The molecule has 1 N–H and O–H groups in total. The Morgan fingerprint density at radius 1 is 1.00 bits per heavy atom. The van der Waals surface area contributed by atoms with Crippen LogP contribution in [0.4, 0.5) is 8.78 Å². The van der Waals surface area contributed by atoms with E-state index in [1.807, 2.05) is 72.5 Å². The zero-order chi connectivity index (χ0) is 23.9. The summed E-state index contributed by atoms with van der Waals surface area (Å²) in [6, 6.07) is 22.8. The zero-order valence-corrected chi connectivity index (χ0v) is 18.7. The van der Waals surface area contributed by atoms with E-state index in [0.717, 1.165) is 17.2 Å². The number of hydrogen-bond donors (Lipinski definition) is 1. The van der Waals surface area contributed by atoms with Crippen molar-refractivity contribution >= 4 is 5.91 Å². The number of nitrogens with zero attached hydrogens (tertiary/aromatic N) is 2. The van der Waals surface area contributed by atoms with Gasteiger partial charge in [-0.2, -0.15) is 0 Å². The van der Waals surface area contributed by atoms with Crippen molar-refractivity contribution in [2.45, 2.75) is 32.6 Å². The van der Waals surface area contributed by atoms with E-state index in [2.05, 4.69) is 10.3 Å². The monoisotopic (exact) mass is 461 g/mol. The second-order valence-electron chi connectivity index (χ2n) is 8.02. The molecule has 7 heteroatoms. The summed E-state index contributed by atoms with van der Waals surface area (Å²) in [5.74, 6) is -1.25. The third-order valence-corrected chi connectivity index (χ3v) is 5.64. The summed E-state index contributed by atoms with van der Waals surface area (Å²) in [5.41, 5.74) is 2.53. The third-order valence-electron chi connectivity index (χ3n) is 5.64. The molecule has 174 valence electrons. The van der Waals surface area contributed by atoms with E-state index in [-0.39, 0.29) is 30.7 Å². The second kappa shape index (κ2) is 10.9. The van der Waals surface area contributed by atoms with E-state index >= 15 is 0 Å². The number of halogens is 2. The first-order valence-corrected chi connectivity index (χ1v) is 11.0. The fourth-order valence-corrected chi connectivity index (χ4v) is 3.67. The van der Waals surface area contributed by atoms with Gasteiger partial charge in [0.15, 0.2) is 5.69 Å². The Balaban J connectivity index is 1.49. The highest BCUT2D eigenvalue weighted by Crippen LogP contribution is 2.25. The number of benzene rings is 3. The average Bonchev–Trinajstić information content (AvgIpc) is 3.33. The summed E-state index contributed by atoms with van der Waals surface area (Å²) < 4.78 is 33.4. The molecule has 1 atom stereocenters. The highest BCUT2D eigenvalue weighted by atomic mass is 19.1. The van der Waals surface area contributed by atoms with Gasteiger partial charge in [0.1, 0.15) is 17.9 Å². The number of carbonyl (C=O) groups excluding carboxylic acids is 1. The Labute approximate surface area is 197 Å². The van der Waals surface area contributed by atoms with Crippen LogP contribution in [-0.2, 0) is 19.6 Å². The maximum Gasteiger partial charge on any atom is 0.273 e. The quantitative estimate of drug-likeness (QED) is 0.350. The van der Waals surface area contributed by atoms with Crippen LogP contribution in [0.3, 0.4) is 0 Å². The van der Waals surface area contributed by atoms with Crippen LogP contribution in [0.5, 0.6) is 0 Å². The maximum absolute atomic E-state index is 14.4. The number of rotatable bonds is 9. The zero-order valence-electron chi connectivity index (χ0n) is 18.7. The van der Waals surface area contributed by atoms with Gasteiger partial charge < -0.3 is 9.73 Å². The van der Waals surface area contributed by atoms with Gasteiger partial charge in [-0.25, -0.2) is 13.8 Å². The van der Waals surface area contributed by atoms with E-state index in [4.69, 9.17) is 4.42 Å². The van der Waals surface area contributed by atoms with Crippen molar-refractivity contribution in [3.05, 3.63) is 125 Å². The summed E-state index contributed by atoms with van der Waals surface area (Å²) in [6.45, 7) is 2.81. The van der Waals surface area contributed by atoms with Crippen LogP contribution >= 0.6 is 0 Å². The molecule has 0 aliphatic heterocycles. The van der Waals surface area contributed by atoms with Crippen LogP contribution < -0.4 is 5.32 Å². The second-order valence-corrected chi connectivity index (χ2v) is 8.02. The molecule has 1 amide bonds. The van der Waals surface area contributed by atoms with Crippen molar-refractivity contribution in [2.24, 2.45) is 0 Å². The molecule has 0 spiro atoms. The summed E-state index contributed by atoms with van der Waals surface area (Å²) in [5, 5.41) is 2.82. The lowest BCUT2D eigenvalue weighted by Gasteiger charge is -2.28. The van der Waals surface area contributed by atoms with Gasteiger partial charge in [0.2, 0.25) is 5.89 Å². The minimum absolute atomic E-state index is 0.118. The van der Waals surface area contributed by atoms with Crippen molar-refractivity contribution in [3.8, 4) is 0 Å². The molecule has 0 aliphatic rings. The molecule has 34 heavy (non-hydrogen) atoms.